The number of hydrogen-bond donors (Lipinski definition) is 0. The van der Waals surface area contributed by atoms with E-state index in [-0.39, 0.29) is 11.8 Å². The fraction of sp³-hybridized carbons (Fsp3) is 0.667. The number of benzene rings is 1. The molecule has 0 radical (unpaired) electrons. The number of hydrogen-bond acceptors (Lipinski definition) is 2. The van der Waals surface area contributed by atoms with Crippen molar-refractivity contribution < 1.29 is 9.59 Å². The SMILES string of the molecule is CCCCN(C)C(=O)CCCCCCC[N+](CCCC)(C(C)=O)c1c(C)n(CC)c2ccc(Cl)cc12. The molecule has 0 fully saturated rings. The van der Waals surface area contributed by atoms with Crippen LogP contribution in [0.5, 0.6) is 0 Å². The normalized spacial score (nSPS) is 13.2. The monoisotopic (exact) mass is 518 g/mol. The third-order valence-corrected chi connectivity index (χ3v) is 7.93. The highest BCUT2D eigenvalue weighted by Gasteiger charge is 2.40. The van der Waals surface area contributed by atoms with Crippen LogP contribution in [0.15, 0.2) is 18.2 Å². The van der Waals surface area contributed by atoms with Crippen LogP contribution in [-0.4, -0.2) is 48.0 Å². The summed E-state index contributed by atoms with van der Waals surface area (Å²) in [5, 5.41) is 1.82. The number of rotatable bonds is 16. The van der Waals surface area contributed by atoms with Crippen LogP contribution in [0, 0.1) is 6.92 Å². The summed E-state index contributed by atoms with van der Waals surface area (Å²) in [7, 11) is 1.91. The summed E-state index contributed by atoms with van der Waals surface area (Å²) in [6.07, 6.45) is 10.1. The van der Waals surface area contributed by atoms with Crippen molar-refractivity contribution >= 4 is 40.0 Å². The molecule has 2 amide bonds. The minimum absolute atomic E-state index is 0.211. The third kappa shape index (κ3) is 7.35. The predicted molar refractivity (Wildman–Crippen MR) is 155 cm³/mol. The zero-order valence-electron chi connectivity index (χ0n) is 23.7. The molecule has 6 heteroatoms. The van der Waals surface area contributed by atoms with E-state index in [0.29, 0.717) is 15.9 Å². The molecule has 1 aromatic heterocycles. The minimum Gasteiger partial charge on any atom is -0.346 e. The van der Waals surface area contributed by atoms with Gasteiger partial charge in [-0.1, -0.05) is 51.1 Å². The Kier molecular flexibility index (Phi) is 12.5. The van der Waals surface area contributed by atoms with E-state index in [4.69, 9.17) is 11.6 Å². The third-order valence-electron chi connectivity index (χ3n) is 7.70. The van der Waals surface area contributed by atoms with Crippen molar-refractivity contribution in [3.63, 3.8) is 0 Å². The van der Waals surface area contributed by atoms with Crippen LogP contribution >= 0.6 is 11.6 Å². The predicted octanol–water partition coefficient (Wildman–Crippen LogP) is 7.88. The first-order valence-corrected chi connectivity index (χ1v) is 14.5. The Labute approximate surface area is 224 Å². The molecule has 1 aromatic carbocycles. The van der Waals surface area contributed by atoms with Gasteiger partial charge >= 0.3 is 5.91 Å². The van der Waals surface area contributed by atoms with Crippen molar-refractivity contribution in [1.29, 1.82) is 0 Å². The molecule has 5 nitrogen and oxygen atoms in total. The van der Waals surface area contributed by atoms with Gasteiger partial charge in [0.1, 0.15) is 0 Å². The lowest BCUT2D eigenvalue weighted by atomic mass is 10.1. The molecule has 0 saturated heterocycles. The maximum absolute atomic E-state index is 13.4. The Bertz CT molecular complexity index is 1000. The summed E-state index contributed by atoms with van der Waals surface area (Å²) in [6.45, 7) is 13.8. The maximum atomic E-state index is 13.4. The van der Waals surface area contributed by atoms with Crippen molar-refractivity contribution in [2.24, 2.45) is 0 Å². The molecule has 0 aliphatic heterocycles. The maximum Gasteiger partial charge on any atom is 0.315 e. The van der Waals surface area contributed by atoms with Crippen LogP contribution in [0.2, 0.25) is 5.02 Å². The zero-order chi connectivity index (χ0) is 26.7. The minimum atomic E-state index is 0.211. The zero-order valence-corrected chi connectivity index (χ0v) is 24.4. The molecule has 1 unspecified atom stereocenters. The van der Waals surface area contributed by atoms with Gasteiger partial charge in [0, 0.05) is 31.6 Å². The van der Waals surface area contributed by atoms with E-state index in [0.717, 1.165) is 101 Å². The summed E-state index contributed by atoms with van der Waals surface area (Å²) >= 11 is 6.44. The number of fused-ring (bicyclic) bond motifs is 1. The summed E-state index contributed by atoms with van der Waals surface area (Å²) in [6, 6.07) is 6.08. The first-order valence-electron chi connectivity index (χ1n) is 14.1. The van der Waals surface area contributed by atoms with Crippen molar-refractivity contribution in [2.45, 2.75) is 105 Å². The number of aromatic nitrogens is 1. The van der Waals surface area contributed by atoms with Gasteiger partial charge in [0.25, 0.3) is 0 Å². The van der Waals surface area contributed by atoms with E-state index in [9.17, 15) is 9.59 Å². The summed E-state index contributed by atoms with van der Waals surface area (Å²) in [4.78, 5) is 27.6. The number of unbranched alkanes of at least 4 members (excludes halogenated alkanes) is 6. The van der Waals surface area contributed by atoms with Gasteiger partial charge in [-0.25, -0.2) is 9.28 Å². The lowest BCUT2D eigenvalue weighted by molar-refractivity contribution is -0.130. The molecule has 202 valence electrons. The number of halogens is 1. The van der Waals surface area contributed by atoms with Crippen LogP contribution in [0.3, 0.4) is 0 Å². The number of amides is 2. The Morgan fingerprint density at radius 2 is 1.58 bits per heavy atom. The lowest BCUT2D eigenvalue weighted by Crippen LogP contribution is -2.54. The van der Waals surface area contributed by atoms with Gasteiger partial charge in [-0.15, -0.1) is 0 Å². The first kappa shape index (κ1) is 30.4. The van der Waals surface area contributed by atoms with Gasteiger partial charge < -0.3 is 9.47 Å². The van der Waals surface area contributed by atoms with E-state index in [1.807, 2.05) is 24.1 Å². The largest absolute Gasteiger partial charge is 0.346 e. The molecule has 2 rings (SSSR count). The van der Waals surface area contributed by atoms with Gasteiger partial charge in [0.15, 0.2) is 5.69 Å². The molecular weight excluding hydrogens is 470 g/mol. The van der Waals surface area contributed by atoms with Crippen LogP contribution < -0.4 is 4.48 Å². The van der Waals surface area contributed by atoms with Crippen LogP contribution in [0.1, 0.15) is 97.6 Å². The molecule has 0 spiro atoms. The highest BCUT2D eigenvalue weighted by Crippen LogP contribution is 2.40. The fourth-order valence-electron chi connectivity index (χ4n) is 5.52. The molecule has 0 saturated carbocycles. The van der Waals surface area contributed by atoms with E-state index >= 15 is 0 Å². The van der Waals surface area contributed by atoms with E-state index in [2.05, 4.69) is 38.3 Å². The Morgan fingerprint density at radius 1 is 0.944 bits per heavy atom. The molecule has 1 atom stereocenters. The summed E-state index contributed by atoms with van der Waals surface area (Å²) in [5.41, 5.74) is 3.46. The first-order chi connectivity index (χ1) is 17.2. The number of nitrogens with zero attached hydrogens (tertiary/aromatic N) is 3. The van der Waals surface area contributed by atoms with Gasteiger partial charge in [0.05, 0.1) is 36.6 Å². The molecular formula is C30H49ClN3O2+. The second kappa shape index (κ2) is 14.8. The second-order valence-corrected chi connectivity index (χ2v) is 10.8. The number of aryl methyl sites for hydroxylation is 1. The van der Waals surface area contributed by atoms with Gasteiger partial charge in [-0.05, 0) is 64.2 Å². The van der Waals surface area contributed by atoms with Gasteiger partial charge in [0.2, 0.25) is 5.91 Å². The average Bonchev–Trinajstić information content (AvgIpc) is 3.13. The van der Waals surface area contributed by atoms with E-state index in [1.165, 1.54) is 5.69 Å². The van der Waals surface area contributed by atoms with Crippen LogP contribution in [0.25, 0.3) is 10.9 Å². The highest BCUT2D eigenvalue weighted by molar-refractivity contribution is 6.31. The van der Waals surface area contributed by atoms with Crippen molar-refractivity contribution in [3.05, 3.63) is 28.9 Å². The second-order valence-electron chi connectivity index (χ2n) is 10.3. The number of quaternary nitrogens is 1. The van der Waals surface area contributed by atoms with Crippen molar-refractivity contribution in [1.82, 2.24) is 14.0 Å². The van der Waals surface area contributed by atoms with Gasteiger partial charge in [-0.3, -0.25) is 4.79 Å². The standard InChI is InChI=1S/C30H49ClN3O2/c1-7-10-20-32(6)29(36)17-15-13-12-14-16-22-34(25(5)35,21-11-8-2)30-24(4)33(9-3)28-19-18-26(31)23-27(28)30/h18-19,23H,7-17,20-22H2,1-6H3/q+1. The molecule has 1 heterocycles. The molecule has 0 aliphatic carbocycles. The Hall–Kier alpha value is -1.85. The topological polar surface area (TPSA) is 42.3 Å². The van der Waals surface area contributed by atoms with Gasteiger partial charge in [-0.2, -0.15) is 0 Å². The quantitative estimate of drug-likeness (QED) is 0.167. The molecule has 0 N–H and O–H groups in total. The smallest absolute Gasteiger partial charge is 0.315 e. The lowest BCUT2D eigenvalue weighted by Gasteiger charge is -2.35. The van der Waals surface area contributed by atoms with E-state index in [1.54, 1.807) is 6.92 Å². The average molecular weight is 519 g/mol. The number of carbonyl (C=O) groups is 2. The van der Waals surface area contributed by atoms with Crippen molar-refractivity contribution in [2.75, 3.05) is 26.7 Å². The highest BCUT2D eigenvalue weighted by atomic mass is 35.5. The molecule has 36 heavy (non-hydrogen) atoms. The Morgan fingerprint density at radius 3 is 2.22 bits per heavy atom. The van der Waals surface area contributed by atoms with Crippen LogP contribution in [0.4, 0.5) is 5.69 Å². The Balaban J connectivity index is 2.12. The number of carbonyl (C=O) groups excluding carboxylic acids is 2. The summed E-state index contributed by atoms with van der Waals surface area (Å²) < 4.78 is 2.71. The van der Waals surface area contributed by atoms with E-state index < -0.39 is 0 Å². The van der Waals surface area contributed by atoms with Crippen LogP contribution in [-0.2, 0) is 16.1 Å². The summed E-state index contributed by atoms with van der Waals surface area (Å²) in [5.74, 6) is 0.471. The molecule has 0 aliphatic rings. The molecule has 0 bridgehead atoms. The molecule has 2 aromatic rings. The van der Waals surface area contributed by atoms with Crippen molar-refractivity contribution in [3.8, 4) is 0 Å². The fourth-order valence-corrected chi connectivity index (χ4v) is 5.69.